The zero-order valence-electron chi connectivity index (χ0n) is 20.0. The fraction of sp³-hybridized carbons (Fsp3) is 0.143. The lowest BCUT2D eigenvalue weighted by molar-refractivity contribution is -0.116. The summed E-state index contributed by atoms with van der Waals surface area (Å²) in [4.78, 5) is 25.4. The number of amides is 1. The van der Waals surface area contributed by atoms with Gasteiger partial charge in [0.25, 0.3) is 0 Å². The van der Waals surface area contributed by atoms with E-state index in [0.29, 0.717) is 30.5 Å². The molecule has 4 rings (SSSR count). The van der Waals surface area contributed by atoms with Crippen LogP contribution < -0.4 is 10.7 Å². The first kappa shape index (κ1) is 26.0. The van der Waals surface area contributed by atoms with Crippen LogP contribution in [0.5, 0.6) is 34.5 Å². The third-order valence-electron chi connectivity index (χ3n) is 5.87. The second kappa shape index (κ2) is 10.9. The van der Waals surface area contributed by atoms with Gasteiger partial charge in [0, 0.05) is 35.9 Å². The Balaban J connectivity index is 1.48. The molecule has 0 aliphatic rings. The van der Waals surface area contributed by atoms with Crippen LogP contribution in [0, 0.1) is 0 Å². The summed E-state index contributed by atoms with van der Waals surface area (Å²) >= 11 is 0. The molecular weight excluding hydrogens is 494 g/mol. The average molecular weight is 520 g/mol. The minimum atomic E-state index is -0.504. The van der Waals surface area contributed by atoms with E-state index < -0.39 is 16.9 Å². The van der Waals surface area contributed by atoms with Crippen LogP contribution in [0.3, 0.4) is 0 Å². The normalized spacial score (nSPS) is 11.3. The minimum Gasteiger partial charge on any atom is -0.508 e. The molecule has 0 aliphatic carbocycles. The number of nitrogens with one attached hydrogen (secondary N) is 1. The van der Waals surface area contributed by atoms with Crippen LogP contribution in [0.2, 0.25) is 0 Å². The lowest BCUT2D eigenvalue weighted by atomic mass is 9.99. The Bertz CT molecular complexity index is 1600. The summed E-state index contributed by atoms with van der Waals surface area (Å²) in [5.74, 6) is -2.29. The molecule has 0 saturated carbocycles. The Kier molecular flexibility index (Phi) is 7.43. The van der Waals surface area contributed by atoms with E-state index >= 15 is 0 Å². The van der Waals surface area contributed by atoms with Crippen molar-refractivity contribution in [3.8, 4) is 45.8 Å². The van der Waals surface area contributed by atoms with Gasteiger partial charge in [0.2, 0.25) is 5.91 Å². The summed E-state index contributed by atoms with van der Waals surface area (Å²) in [6, 6.07) is 10.4. The summed E-state index contributed by atoms with van der Waals surface area (Å²) in [5.41, 5.74) is 0.524. The first-order valence-electron chi connectivity index (χ1n) is 11.7. The van der Waals surface area contributed by atoms with Crippen molar-refractivity contribution in [2.75, 3.05) is 6.54 Å². The Morgan fingerprint density at radius 3 is 2.24 bits per heavy atom. The Morgan fingerprint density at radius 1 is 0.816 bits per heavy atom. The largest absolute Gasteiger partial charge is 0.508 e. The van der Waals surface area contributed by atoms with Gasteiger partial charge in [-0.3, -0.25) is 9.59 Å². The number of hydrogen-bond acceptors (Lipinski definition) is 9. The van der Waals surface area contributed by atoms with Crippen molar-refractivity contribution in [1.82, 2.24) is 5.32 Å². The van der Waals surface area contributed by atoms with Crippen molar-refractivity contribution < 1.29 is 39.9 Å². The molecule has 10 nitrogen and oxygen atoms in total. The summed E-state index contributed by atoms with van der Waals surface area (Å²) in [5, 5.41) is 61.2. The third kappa shape index (κ3) is 5.65. The average Bonchev–Trinajstić information content (AvgIpc) is 2.86. The highest BCUT2D eigenvalue weighted by Crippen LogP contribution is 2.36. The molecule has 4 aromatic rings. The molecule has 3 aromatic carbocycles. The highest BCUT2D eigenvalue weighted by atomic mass is 16.3. The second-order valence-electron chi connectivity index (χ2n) is 8.61. The molecule has 0 spiro atoms. The molecule has 0 atom stereocenters. The lowest BCUT2D eigenvalue weighted by Crippen LogP contribution is -2.22. The number of unbranched alkanes of at least 4 members (excludes halogenated alkanes) is 1. The predicted molar refractivity (Wildman–Crippen MR) is 139 cm³/mol. The maximum Gasteiger partial charge on any atom is 0.243 e. The van der Waals surface area contributed by atoms with Gasteiger partial charge >= 0.3 is 0 Å². The summed E-state index contributed by atoms with van der Waals surface area (Å²) in [6.45, 7) is 0.303. The van der Waals surface area contributed by atoms with Gasteiger partial charge in [0.05, 0.1) is 0 Å². The van der Waals surface area contributed by atoms with Gasteiger partial charge in [-0.15, -0.1) is 0 Å². The molecule has 1 heterocycles. The van der Waals surface area contributed by atoms with Gasteiger partial charge in [-0.25, -0.2) is 0 Å². The molecule has 1 amide bonds. The monoisotopic (exact) mass is 519 g/mol. The molecule has 0 unspecified atom stereocenters. The minimum absolute atomic E-state index is 0.0418. The summed E-state index contributed by atoms with van der Waals surface area (Å²) < 4.78 is 5.88. The maximum atomic E-state index is 13.3. The van der Waals surface area contributed by atoms with Crippen LogP contribution in [0.15, 0.2) is 63.8 Å². The second-order valence-corrected chi connectivity index (χ2v) is 8.61. The molecule has 1 aromatic heterocycles. The van der Waals surface area contributed by atoms with Crippen LogP contribution in [-0.2, 0) is 11.2 Å². The first-order valence-corrected chi connectivity index (χ1v) is 11.7. The molecule has 0 radical (unpaired) electrons. The molecule has 196 valence electrons. The van der Waals surface area contributed by atoms with Crippen molar-refractivity contribution in [2.24, 2.45) is 0 Å². The van der Waals surface area contributed by atoms with Crippen molar-refractivity contribution in [3.63, 3.8) is 0 Å². The van der Waals surface area contributed by atoms with Gasteiger partial charge in [0.15, 0.2) is 28.4 Å². The first-order chi connectivity index (χ1) is 18.1. The zero-order chi connectivity index (χ0) is 27.4. The highest BCUT2D eigenvalue weighted by Gasteiger charge is 2.20. The number of carbonyl (C=O) groups excluding carboxylic acids is 1. The van der Waals surface area contributed by atoms with E-state index in [1.54, 1.807) is 6.07 Å². The molecule has 7 N–H and O–H groups in total. The van der Waals surface area contributed by atoms with Crippen molar-refractivity contribution in [2.45, 2.75) is 19.3 Å². The molecule has 0 bridgehead atoms. The van der Waals surface area contributed by atoms with E-state index in [-0.39, 0.29) is 57.6 Å². The van der Waals surface area contributed by atoms with Gasteiger partial charge in [-0.05, 0) is 61.2 Å². The van der Waals surface area contributed by atoms with E-state index in [1.165, 1.54) is 48.6 Å². The van der Waals surface area contributed by atoms with Crippen molar-refractivity contribution in [3.05, 3.63) is 76.0 Å². The van der Waals surface area contributed by atoms with Crippen LogP contribution in [0.4, 0.5) is 0 Å². The quantitative estimate of drug-likeness (QED) is 0.103. The van der Waals surface area contributed by atoms with E-state index in [9.17, 15) is 40.2 Å². The number of aromatic hydroxyl groups is 6. The van der Waals surface area contributed by atoms with Gasteiger partial charge in [-0.2, -0.15) is 0 Å². The van der Waals surface area contributed by atoms with Crippen LogP contribution >= 0.6 is 0 Å². The predicted octanol–water partition coefficient (Wildman–Crippen LogP) is 3.85. The van der Waals surface area contributed by atoms with Crippen LogP contribution in [0.1, 0.15) is 24.0 Å². The highest BCUT2D eigenvalue weighted by molar-refractivity contribution is 5.91. The fourth-order valence-electron chi connectivity index (χ4n) is 3.96. The summed E-state index contributed by atoms with van der Waals surface area (Å²) in [6.07, 6.45) is 3.95. The molecule has 0 aliphatic heterocycles. The van der Waals surface area contributed by atoms with Gasteiger partial charge in [-0.1, -0.05) is 6.07 Å². The Labute approximate surface area is 216 Å². The molecular formula is C28H25NO9. The Morgan fingerprint density at radius 2 is 1.53 bits per heavy atom. The number of hydrogen-bond donors (Lipinski definition) is 7. The van der Waals surface area contributed by atoms with Crippen LogP contribution in [-0.4, -0.2) is 43.1 Å². The van der Waals surface area contributed by atoms with Crippen LogP contribution in [0.25, 0.3) is 28.4 Å². The fourth-order valence-corrected chi connectivity index (χ4v) is 3.96. The maximum absolute atomic E-state index is 13.3. The zero-order valence-corrected chi connectivity index (χ0v) is 20.0. The number of carbonyl (C=O) groups is 1. The standard InChI is InChI=1S/C28H25NO9/c30-17-13-23(35)26-24(14-17)38-28(16-6-8-20(32)22(34)12-16)18(27(26)37)3-1-2-10-29-25(36)9-5-15-4-7-19(31)21(33)11-15/h4-9,11-14,30-35H,1-3,10H2,(H,29,36)/b9-5+. The Hall–Kier alpha value is -5.12. The topological polar surface area (TPSA) is 181 Å². The molecule has 10 heteroatoms. The SMILES string of the molecule is O=C(/C=C/c1ccc(O)c(O)c1)NCCCCc1c(-c2ccc(O)c(O)c2)oc2cc(O)cc(O)c2c1=O. The van der Waals surface area contributed by atoms with Gasteiger partial charge < -0.3 is 40.4 Å². The molecule has 0 saturated heterocycles. The van der Waals surface area contributed by atoms with E-state index in [2.05, 4.69) is 5.32 Å². The van der Waals surface area contributed by atoms with Gasteiger partial charge in [0.1, 0.15) is 28.2 Å². The third-order valence-corrected chi connectivity index (χ3v) is 5.87. The number of phenols is 6. The smallest absolute Gasteiger partial charge is 0.243 e. The lowest BCUT2D eigenvalue weighted by Gasteiger charge is -2.12. The van der Waals surface area contributed by atoms with Crippen molar-refractivity contribution in [1.29, 1.82) is 0 Å². The number of phenolic OH excluding ortho intramolecular Hbond substituents is 6. The summed E-state index contributed by atoms with van der Waals surface area (Å²) in [7, 11) is 0. The molecule has 38 heavy (non-hydrogen) atoms. The van der Waals surface area contributed by atoms with E-state index in [1.807, 2.05) is 0 Å². The number of fused-ring (bicyclic) bond motifs is 1. The van der Waals surface area contributed by atoms with E-state index in [0.717, 1.165) is 6.07 Å². The number of benzene rings is 3. The van der Waals surface area contributed by atoms with Crippen molar-refractivity contribution >= 4 is 23.0 Å². The molecule has 0 fully saturated rings. The van der Waals surface area contributed by atoms with E-state index in [4.69, 9.17) is 4.42 Å². The number of rotatable bonds is 8.